The highest BCUT2D eigenvalue weighted by molar-refractivity contribution is 9.10. The molecule has 1 aliphatic carbocycles. The Balaban J connectivity index is 1.80. The number of hydrogen-bond acceptors (Lipinski definition) is 2. The molecule has 0 atom stereocenters. The summed E-state index contributed by atoms with van der Waals surface area (Å²) >= 11 is 3.41. The van der Waals surface area contributed by atoms with Crippen LogP contribution in [0.4, 0.5) is 4.39 Å². The maximum Gasteiger partial charge on any atom is 0.135 e. The van der Waals surface area contributed by atoms with Gasteiger partial charge in [0, 0.05) is 16.1 Å². The van der Waals surface area contributed by atoms with E-state index in [2.05, 4.69) is 21.2 Å². The molecule has 1 aliphatic rings. The van der Waals surface area contributed by atoms with Gasteiger partial charge in [-0.1, -0.05) is 15.9 Å². The smallest absolute Gasteiger partial charge is 0.135 e. The topological polar surface area (TPSA) is 25.2 Å². The maximum atomic E-state index is 13.2. The number of hydrogen-bond donors (Lipinski definition) is 1. The van der Waals surface area contributed by atoms with Crippen LogP contribution in [0.3, 0.4) is 0 Å². The van der Waals surface area contributed by atoms with Gasteiger partial charge in [0.1, 0.15) is 17.3 Å². The van der Waals surface area contributed by atoms with Crippen molar-refractivity contribution in [2.75, 3.05) is 0 Å². The zero-order valence-electron chi connectivity index (χ0n) is 9.75. The molecule has 94 valence electrons. The van der Waals surface area contributed by atoms with Crippen molar-refractivity contribution >= 4 is 15.9 Å². The van der Waals surface area contributed by atoms with E-state index in [4.69, 9.17) is 4.42 Å². The van der Waals surface area contributed by atoms with Gasteiger partial charge in [-0.15, -0.1) is 0 Å². The molecule has 4 heteroatoms. The number of halogens is 2. The van der Waals surface area contributed by atoms with Crippen LogP contribution in [0.1, 0.15) is 18.6 Å². The van der Waals surface area contributed by atoms with Crippen LogP contribution in [0.25, 0.3) is 11.3 Å². The highest BCUT2D eigenvalue weighted by atomic mass is 79.9. The quantitative estimate of drug-likeness (QED) is 0.920. The van der Waals surface area contributed by atoms with Crippen LogP contribution in [-0.2, 0) is 6.54 Å². The van der Waals surface area contributed by atoms with Gasteiger partial charge in [-0.05, 0) is 43.2 Å². The van der Waals surface area contributed by atoms with Gasteiger partial charge in [-0.3, -0.25) is 0 Å². The highest BCUT2D eigenvalue weighted by Gasteiger charge is 2.20. The number of furan rings is 1. The first-order valence-electron chi connectivity index (χ1n) is 6.00. The van der Waals surface area contributed by atoms with E-state index in [0.29, 0.717) is 11.8 Å². The minimum absolute atomic E-state index is 0.262. The normalized spacial score (nSPS) is 15.0. The zero-order valence-corrected chi connectivity index (χ0v) is 11.3. The lowest BCUT2D eigenvalue weighted by Crippen LogP contribution is -2.14. The summed E-state index contributed by atoms with van der Waals surface area (Å²) in [6.07, 6.45) is 2.51. The van der Waals surface area contributed by atoms with Gasteiger partial charge in [0.25, 0.3) is 0 Å². The van der Waals surface area contributed by atoms with Crippen molar-refractivity contribution in [3.05, 3.63) is 46.4 Å². The third kappa shape index (κ3) is 2.65. The fraction of sp³-hybridized carbons (Fsp3) is 0.286. The van der Waals surface area contributed by atoms with Gasteiger partial charge in [0.15, 0.2) is 0 Å². The summed E-state index contributed by atoms with van der Waals surface area (Å²) in [5.74, 6) is 1.31. The predicted molar refractivity (Wildman–Crippen MR) is 71.7 cm³/mol. The second-order valence-corrected chi connectivity index (χ2v) is 5.40. The van der Waals surface area contributed by atoms with Gasteiger partial charge in [-0.25, -0.2) is 4.39 Å². The number of nitrogens with one attached hydrogen (secondary N) is 1. The van der Waals surface area contributed by atoms with E-state index in [1.807, 2.05) is 12.1 Å². The summed E-state index contributed by atoms with van der Waals surface area (Å²) < 4.78 is 19.8. The Bertz CT molecular complexity index is 563. The van der Waals surface area contributed by atoms with Crippen LogP contribution in [0.2, 0.25) is 0 Å². The third-order valence-electron chi connectivity index (χ3n) is 3.00. The minimum Gasteiger partial charge on any atom is -0.460 e. The zero-order chi connectivity index (χ0) is 12.5. The molecule has 0 spiro atoms. The largest absolute Gasteiger partial charge is 0.460 e. The van der Waals surface area contributed by atoms with E-state index in [9.17, 15) is 4.39 Å². The highest BCUT2D eigenvalue weighted by Crippen LogP contribution is 2.30. The second kappa shape index (κ2) is 4.86. The average molecular weight is 310 g/mol. The molecule has 1 heterocycles. The Hall–Kier alpha value is -1.13. The van der Waals surface area contributed by atoms with Crippen LogP contribution < -0.4 is 5.32 Å². The molecular weight excluding hydrogens is 297 g/mol. The Morgan fingerprint density at radius 1 is 1.28 bits per heavy atom. The summed E-state index contributed by atoms with van der Waals surface area (Å²) in [6.45, 7) is 0.734. The molecule has 3 rings (SSSR count). The SMILES string of the molecule is Fc1ccc(Br)c(-c2ccc(CNC3CC3)o2)c1. The van der Waals surface area contributed by atoms with Crippen LogP contribution in [-0.4, -0.2) is 6.04 Å². The fourth-order valence-corrected chi connectivity index (χ4v) is 2.28. The molecule has 0 unspecified atom stereocenters. The predicted octanol–water partition coefficient (Wildman–Crippen LogP) is 4.10. The van der Waals surface area contributed by atoms with Gasteiger partial charge >= 0.3 is 0 Å². The molecule has 1 N–H and O–H groups in total. The van der Waals surface area contributed by atoms with E-state index in [1.54, 1.807) is 6.07 Å². The molecule has 1 saturated carbocycles. The molecule has 2 aromatic rings. The summed E-state index contributed by atoms with van der Waals surface area (Å²) in [5, 5.41) is 3.38. The van der Waals surface area contributed by atoms with Crippen molar-refractivity contribution in [3.63, 3.8) is 0 Å². The minimum atomic E-state index is -0.262. The molecule has 2 nitrogen and oxygen atoms in total. The lowest BCUT2D eigenvalue weighted by atomic mass is 10.2. The summed E-state index contributed by atoms with van der Waals surface area (Å²) in [7, 11) is 0. The molecule has 1 aromatic heterocycles. The lowest BCUT2D eigenvalue weighted by Gasteiger charge is -2.02. The first-order valence-corrected chi connectivity index (χ1v) is 6.79. The van der Waals surface area contributed by atoms with Crippen molar-refractivity contribution in [1.82, 2.24) is 5.32 Å². The lowest BCUT2D eigenvalue weighted by molar-refractivity contribution is 0.492. The molecule has 0 radical (unpaired) electrons. The van der Waals surface area contributed by atoms with Crippen LogP contribution in [0.15, 0.2) is 39.2 Å². The van der Waals surface area contributed by atoms with E-state index in [1.165, 1.54) is 25.0 Å². The van der Waals surface area contributed by atoms with Crippen LogP contribution in [0.5, 0.6) is 0 Å². The van der Waals surface area contributed by atoms with Crippen LogP contribution >= 0.6 is 15.9 Å². The molecule has 0 amide bonds. The van der Waals surface area contributed by atoms with Gasteiger partial charge in [-0.2, -0.15) is 0 Å². The fourth-order valence-electron chi connectivity index (χ4n) is 1.84. The van der Waals surface area contributed by atoms with E-state index in [0.717, 1.165) is 22.3 Å². The number of benzene rings is 1. The van der Waals surface area contributed by atoms with Gasteiger partial charge in [0.05, 0.1) is 6.54 Å². The van der Waals surface area contributed by atoms with E-state index >= 15 is 0 Å². The van der Waals surface area contributed by atoms with Crippen molar-refractivity contribution in [2.24, 2.45) is 0 Å². The number of rotatable bonds is 4. The van der Waals surface area contributed by atoms with Crippen LogP contribution in [0, 0.1) is 5.82 Å². The van der Waals surface area contributed by atoms with Gasteiger partial charge < -0.3 is 9.73 Å². The Labute approximate surface area is 113 Å². The standard InChI is InChI=1S/C14H13BrFNO/c15-13-5-1-9(16)7-12(13)14-6-4-11(18-14)8-17-10-2-3-10/h1,4-7,10,17H,2-3,8H2. The molecule has 0 saturated heterocycles. The molecule has 0 aliphatic heterocycles. The Morgan fingerprint density at radius 2 is 2.11 bits per heavy atom. The third-order valence-corrected chi connectivity index (χ3v) is 3.69. The summed E-state index contributed by atoms with van der Waals surface area (Å²) in [5.41, 5.74) is 0.743. The van der Waals surface area contributed by atoms with Crippen molar-refractivity contribution in [3.8, 4) is 11.3 Å². The first kappa shape index (κ1) is 11.9. The Kier molecular flexibility index (Phi) is 3.22. The van der Waals surface area contributed by atoms with E-state index < -0.39 is 0 Å². The monoisotopic (exact) mass is 309 g/mol. The molecule has 1 fully saturated rings. The van der Waals surface area contributed by atoms with Crippen molar-refractivity contribution in [2.45, 2.75) is 25.4 Å². The second-order valence-electron chi connectivity index (χ2n) is 4.55. The molecular formula is C14H13BrFNO. The average Bonchev–Trinajstić information content (AvgIpc) is 3.08. The van der Waals surface area contributed by atoms with Crippen molar-refractivity contribution in [1.29, 1.82) is 0 Å². The molecule has 18 heavy (non-hydrogen) atoms. The van der Waals surface area contributed by atoms with Gasteiger partial charge in [0.2, 0.25) is 0 Å². The summed E-state index contributed by atoms with van der Waals surface area (Å²) in [4.78, 5) is 0. The first-order chi connectivity index (χ1) is 8.72. The van der Waals surface area contributed by atoms with Crippen molar-refractivity contribution < 1.29 is 8.81 Å². The maximum absolute atomic E-state index is 13.2. The molecule has 0 bridgehead atoms. The summed E-state index contributed by atoms with van der Waals surface area (Å²) in [6, 6.07) is 9.05. The molecule has 1 aromatic carbocycles. The van der Waals surface area contributed by atoms with E-state index in [-0.39, 0.29) is 5.82 Å². The Morgan fingerprint density at radius 3 is 2.89 bits per heavy atom.